The van der Waals surface area contributed by atoms with E-state index in [-0.39, 0.29) is 0 Å². The second-order valence-electron chi connectivity index (χ2n) is 4.78. The Morgan fingerprint density at radius 1 is 1.38 bits per heavy atom. The molecule has 1 aliphatic rings. The zero-order chi connectivity index (χ0) is 15.1. The first-order valence-corrected chi connectivity index (χ1v) is 8.33. The lowest BCUT2D eigenvalue weighted by Gasteiger charge is -2.25. The quantitative estimate of drug-likeness (QED) is 0.801. The van der Waals surface area contributed by atoms with Gasteiger partial charge < -0.3 is 9.84 Å². The van der Waals surface area contributed by atoms with Crippen molar-refractivity contribution in [3.8, 4) is 5.75 Å². The molecule has 1 aromatic carbocycles. The minimum Gasteiger partial charge on any atom is -0.492 e. The summed E-state index contributed by atoms with van der Waals surface area (Å²) in [6, 6.07) is 7.32. The summed E-state index contributed by atoms with van der Waals surface area (Å²) in [5, 5.41) is 8.60. The van der Waals surface area contributed by atoms with Crippen molar-refractivity contribution in [2.75, 3.05) is 37.7 Å². The van der Waals surface area contributed by atoms with Gasteiger partial charge in [0.1, 0.15) is 12.4 Å². The van der Waals surface area contributed by atoms with E-state index in [1.807, 2.05) is 24.3 Å². The van der Waals surface area contributed by atoms with Crippen LogP contribution in [0.1, 0.15) is 5.56 Å². The Morgan fingerprint density at radius 2 is 2.14 bits per heavy atom. The van der Waals surface area contributed by atoms with Crippen LogP contribution in [0.15, 0.2) is 30.3 Å². The van der Waals surface area contributed by atoms with Crippen LogP contribution in [0.2, 0.25) is 0 Å². The summed E-state index contributed by atoms with van der Waals surface area (Å²) in [6.07, 6.45) is 2.64. The van der Waals surface area contributed by atoms with Gasteiger partial charge in [-0.1, -0.05) is 12.1 Å². The van der Waals surface area contributed by atoms with Gasteiger partial charge >= 0.3 is 5.97 Å². The van der Waals surface area contributed by atoms with E-state index >= 15 is 0 Å². The van der Waals surface area contributed by atoms with Gasteiger partial charge in [-0.15, -0.1) is 0 Å². The fraction of sp³-hybridized carbons (Fsp3) is 0.400. The highest BCUT2D eigenvalue weighted by atomic mass is 32.2. The standard InChI is InChI=1S/C15H19NO4S/c17-15(18)5-4-13-2-1-3-14(12-13)20-9-6-16-7-10-21(19)11-8-16/h1-5,12H,6-11H2,(H,17,18). The third kappa shape index (κ3) is 5.69. The summed E-state index contributed by atoms with van der Waals surface area (Å²) >= 11 is 0. The van der Waals surface area contributed by atoms with E-state index in [0.29, 0.717) is 6.61 Å². The minimum absolute atomic E-state index is 0.568. The zero-order valence-corrected chi connectivity index (χ0v) is 12.6. The molecule has 2 rings (SSSR count). The predicted octanol–water partition coefficient (Wildman–Crippen LogP) is 1.23. The summed E-state index contributed by atoms with van der Waals surface area (Å²) in [7, 11) is -0.650. The van der Waals surface area contributed by atoms with Crippen molar-refractivity contribution in [3.63, 3.8) is 0 Å². The molecule has 1 N–H and O–H groups in total. The van der Waals surface area contributed by atoms with E-state index < -0.39 is 16.8 Å². The van der Waals surface area contributed by atoms with Gasteiger partial charge in [0, 0.05) is 48.0 Å². The lowest BCUT2D eigenvalue weighted by Crippen LogP contribution is -2.39. The highest BCUT2D eigenvalue weighted by molar-refractivity contribution is 7.85. The van der Waals surface area contributed by atoms with Crippen LogP contribution in [0, 0.1) is 0 Å². The fourth-order valence-electron chi connectivity index (χ4n) is 2.07. The monoisotopic (exact) mass is 309 g/mol. The number of benzene rings is 1. The number of hydrogen-bond acceptors (Lipinski definition) is 4. The molecular formula is C15H19NO4S. The molecule has 0 spiro atoms. The Hall–Kier alpha value is -1.66. The molecule has 1 fully saturated rings. The second kappa shape index (κ2) is 7.95. The molecule has 0 unspecified atom stereocenters. The number of rotatable bonds is 6. The number of ether oxygens (including phenoxy) is 1. The van der Waals surface area contributed by atoms with E-state index in [9.17, 15) is 9.00 Å². The van der Waals surface area contributed by atoms with Crippen LogP contribution < -0.4 is 4.74 Å². The summed E-state index contributed by atoms with van der Waals surface area (Å²) in [4.78, 5) is 12.7. The van der Waals surface area contributed by atoms with E-state index in [4.69, 9.17) is 9.84 Å². The average molecular weight is 309 g/mol. The van der Waals surface area contributed by atoms with Crippen molar-refractivity contribution in [2.45, 2.75) is 0 Å². The minimum atomic E-state index is -0.969. The highest BCUT2D eigenvalue weighted by Crippen LogP contribution is 2.14. The van der Waals surface area contributed by atoms with Crippen LogP contribution in [0.3, 0.4) is 0 Å². The van der Waals surface area contributed by atoms with E-state index in [1.165, 1.54) is 6.08 Å². The molecule has 6 heteroatoms. The Bertz CT molecular complexity index is 534. The molecule has 0 saturated carbocycles. The summed E-state index contributed by atoms with van der Waals surface area (Å²) in [5.41, 5.74) is 0.795. The summed E-state index contributed by atoms with van der Waals surface area (Å²) in [6.45, 7) is 3.10. The van der Waals surface area contributed by atoms with Crippen molar-refractivity contribution in [3.05, 3.63) is 35.9 Å². The van der Waals surface area contributed by atoms with Crippen LogP contribution in [0.25, 0.3) is 6.08 Å². The molecule has 114 valence electrons. The molecular weight excluding hydrogens is 290 g/mol. The topological polar surface area (TPSA) is 66.8 Å². The Morgan fingerprint density at radius 3 is 2.86 bits per heavy atom. The van der Waals surface area contributed by atoms with Crippen molar-refractivity contribution >= 4 is 22.8 Å². The normalized spacial score (nSPS) is 17.1. The van der Waals surface area contributed by atoms with Crippen LogP contribution >= 0.6 is 0 Å². The molecule has 1 saturated heterocycles. The lowest BCUT2D eigenvalue weighted by molar-refractivity contribution is -0.131. The van der Waals surface area contributed by atoms with E-state index in [0.717, 1.165) is 48.5 Å². The molecule has 1 aromatic rings. The van der Waals surface area contributed by atoms with Gasteiger partial charge in [-0.2, -0.15) is 0 Å². The predicted molar refractivity (Wildman–Crippen MR) is 82.9 cm³/mol. The largest absolute Gasteiger partial charge is 0.492 e. The van der Waals surface area contributed by atoms with Gasteiger partial charge in [0.05, 0.1) is 0 Å². The molecule has 0 aromatic heterocycles. The van der Waals surface area contributed by atoms with Gasteiger partial charge in [0.2, 0.25) is 0 Å². The molecule has 1 heterocycles. The number of carboxylic acids is 1. The van der Waals surface area contributed by atoms with Crippen molar-refractivity contribution < 1.29 is 18.8 Å². The number of carbonyl (C=O) groups is 1. The van der Waals surface area contributed by atoms with Gasteiger partial charge in [-0.05, 0) is 23.8 Å². The molecule has 0 radical (unpaired) electrons. The van der Waals surface area contributed by atoms with Crippen LogP contribution in [-0.4, -0.2) is 57.9 Å². The molecule has 21 heavy (non-hydrogen) atoms. The average Bonchev–Trinajstić information content (AvgIpc) is 2.48. The van der Waals surface area contributed by atoms with Crippen molar-refractivity contribution in [1.29, 1.82) is 0 Å². The zero-order valence-electron chi connectivity index (χ0n) is 11.7. The lowest BCUT2D eigenvalue weighted by atomic mass is 10.2. The summed E-state index contributed by atoms with van der Waals surface area (Å²) < 4.78 is 16.9. The molecule has 0 amide bonds. The molecule has 0 atom stereocenters. The number of nitrogens with zero attached hydrogens (tertiary/aromatic N) is 1. The maximum atomic E-state index is 11.3. The van der Waals surface area contributed by atoms with Crippen molar-refractivity contribution in [1.82, 2.24) is 4.90 Å². The molecule has 5 nitrogen and oxygen atoms in total. The second-order valence-corrected chi connectivity index (χ2v) is 6.48. The molecule has 1 aliphatic heterocycles. The molecule has 0 bridgehead atoms. The SMILES string of the molecule is O=C(O)C=Cc1cccc(OCCN2CCS(=O)CC2)c1. The van der Waals surface area contributed by atoms with Gasteiger partial charge in [0.15, 0.2) is 0 Å². The molecule has 0 aliphatic carbocycles. The van der Waals surface area contributed by atoms with Crippen molar-refractivity contribution in [2.24, 2.45) is 0 Å². The third-order valence-corrected chi connectivity index (χ3v) is 4.50. The maximum Gasteiger partial charge on any atom is 0.328 e. The first-order valence-electron chi connectivity index (χ1n) is 6.85. The first-order chi connectivity index (χ1) is 10.1. The number of carboxylic acid groups (broad SMARTS) is 1. The summed E-state index contributed by atoms with van der Waals surface area (Å²) in [5.74, 6) is 1.25. The van der Waals surface area contributed by atoms with Gasteiger partial charge in [0.25, 0.3) is 0 Å². The van der Waals surface area contributed by atoms with Crippen LogP contribution in [-0.2, 0) is 15.6 Å². The maximum absolute atomic E-state index is 11.3. The first kappa shape index (κ1) is 15.7. The van der Waals surface area contributed by atoms with Gasteiger partial charge in [-0.3, -0.25) is 9.11 Å². The smallest absolute Gasteiger partial charge is 0.328 e. The Kier molecular flexibility index (Phi) is 5.95. The van der Waals surface area contributed by atoms with E-state index in [1.54, 1.807) is 0 Å². The van der Waals surface area contributed by atoms with Crippen LogP contribution in [0.5, 0.6) is 5.75 Å². The third-order valence-electron chi connectivity index (χ3n) is 3.22. The fourth-order valence-corrected chi connectivity index (χ4v) is 3.20. The Balaban J connectivity index is 1.79. The van der Waals surface area contributed by atoms with E-state index in [2.05, 4.69) is 4.90 Å². The van der Waals surface area contributed by atoms with Gasteiger partial charge in [-0.25, -0.2) is 4.79 Å². The number of aliphatic carboxylic acids is 1. The highest BCUT2D eigenvalue weighted by Gasteiger charge is 2.14. The van der Waals surface area contributed by atoms with Crippen LogP contribution in [0.4, 0.5) is 0 Å². The Labute approximate surface area is 126 Å². The number of hydrogen-bond donors (Lipinski definition) is 1.